The van der Waals surface area contributed by atoms with Gasteiger partial charge in [-0.1, -0.05) is 54.6 Å². The van der Waals surface area contributed by atoms with Crippen molar-refractivity contribution in [3.8, 4) is 0 Å². The first-order valence-corrected chi connectivity index (χ1v) is 9.12. The van der Waals surface area contributed by atoms with Crippen LogP contribution < -0.4 is 10.8 Å². The predicted octanol–water partition coefficient (Wildman–Crippen LogP) is 3.63. The van der Waals surface area contributed by atoms with Crippen LogP contribution >= 0.6 is 0 Å². The van der Waals surface area contributed by atoms with Crippen LogP contribution in [0.3, 0.4) is 0 Å². The molecule has 2 aromatic carbocycles. The minimum atomic E-state index is -0.255. The SMILES string of the molecule is N=C1n2c(nc(=Nc3ccccc3)c3ccccc32)NC2C3C=CC=CC132. The lowest BCUT2D eigenvalue weighted by Crippen LogP contribution is -2.37. The number of benzene rings is 2. The third-order valence-corrected chi connectivity index (χ3v) is 5.84. The Kier molecular flexibility index (Phi) is 2.74. The maximum atomic E-state index is 8.97. The second kappa shape index (κ2) is 5.04. The second-order valence-corrected chi connectivity index (χ2v) is 7.23. The van der Waals surface area contributed by atoms with Crippen molar-refractivity contribution in [3.63, 3.8) is 0 Å². The summed E-state index contributed by atoms with van der Waals surface area (Å²) in [6.07, 6.45) is 8.47. The maximum Gasteiger partial charge on any atom is 0.211 e. The molecule has 3 aliphatic rings. The number of allylic oxidation sites excluding steroid dienone is 2. The van der Waals surface area contributed by atoms with Crippen molar-refractivity contribution >= 4 is 28.4 Å². The molecule has 0 bridgehead atoms. The lowest BCUT2D eigenvalue weighted by atomic mass is 9.96. The van der Waals surface area contributed by atoms with E-state index in [0.29, 0.717) is 23.2 Å². The maximum absolute atomic E-state index is 8.97. The fourth-order valence-corrected chi connectivity index (χ4v) is 4.46. The Bertz CT molecular complexity index is 1230. The zero-order valence-corrected chi connectivity index (χ0v) is 14.5. The monoisotopic (exact) mass is 351 g/mol. The van der Waals surface area contributed by atoms with Gasteiger partial charge >= 0.3 is 0 Å². The molecule has 3 unspecified atom stereocenters. The lowest BCUT2D eigenvalue weighted by molar-refractivity contribution is 0.751. The number of anilines is 1. The minimum Gasteiger partial charge on any atom is -0.351 e. The molecular weight excluding hydrogens is 334 g/mol. The Morgan fingerprint density at radius 2 is 1.85 bits per heavy atom. The van der Waals surface area contributed by atoms with Gasteiger partial charge in [0.05, 0.1) is 22.7 Å². The summed E-state index contributed by atoms with van der Waals surface area (Å²) in [4.78, 5) is 9.58. The largest absolute Gasteiger partial charge is 0.351 e. The van der Waals surface area contributed by atoms with Crippen LogP contribution in [-0.4, -0.2) is 21.4 Å². The molecule has 2 N–H and O–H groups in total. The number of nitrogens with zero attached hydrogens (tertiary/aromatic N) is 3. The van der Waals surface area contributed by atoms with Crippen LogP contribution in [0, 0.1) is 16.7 Å². The summed E-state index contributed by atoms with van der Waals surface area (Å²) in [5, 5.41) is 13.5. The quantitative estimate of drug-likeness (QED) is 0.703. The van der Waals surface area contributed by atoms with Gasteiger partial charge in [-0.15, -0.1) is 0 Å². The van der Waals surface area contributed by atoms with E-state index in [1.165, 1.54) is 0 Å². The van der Waals surface area contributed by atoms with E-state index in [-0.39, 0.29) is 11.5 Å². The molecule has 0 saturated heterocycles. The molecule has 3 atom stereocenters. The number of aromatic nitrogens is 2. The lowest BCUT2D eigenvalue weighted by Gasteiger charge is -2.27. The van der Waals surface area contributed by atoms with Crippen LogP contribution in [-0.2, 0) is 0 Å². The summed E-state index contributed by atoms with van der Waals surface area (Å²) < 4.78 is 1.94. The Labute approximate surface area is 155 Å². The molecule has 1 aliphatic heterocycles. The average molecular weight is 351 g/mol. The smallest absolute Gasteiger partial charge is 0.211 e. The van der Waals surface area contributed by atoms with Crippen LogP contribution in [0.2, 0.25) is 0 Å². The predicted molar refractivity (Wildman–Crippen MR) is 106 cm³/mol. The third-order valence-electron chi connectivity index (χ3n) is 5.84. The van der Waals surface area contributed by atoms with E-state index in [4.69, 9.17) is 15.4 Å². The molecule has 5 heteroatoms. The van der Waals surface area contributed by atoms with Crippen LogP contribution in [0.1, 0.15) is 0 Å². The molecule has 3 aromatic rings. The van der Waals surface area contributed by atoms with Crippen LogP contribution in [0.5, 0.6) is 0 Å². The molecule has 1 saturated carbocycles. The molecule has 0 radical (unpaired) electrons. The van der Waals surface area contributed by atoms with Gasteiger partial charge < -0.3 is 5.32 Å². The van der Waals surface area contributed by atoms with E-state index >= 15 is 0 Å². The van der Waals surface area contributed by atoms with Gasteiger partial charge in [-0.25, -0.2) is 4.99 Å². The van der Waals surface area contributed by atoms with Crippen molar-refractivity contribution in [2.24, 2.45) is 16.3 Å². The Morgan fingerprint density at radius 1 is 1.04 bits per heavy atom. The van der Waals surface area contributed by atoms with E-state index < -0.39 is 0 Å². The van der Waals surface area contributed by atoms with Crippen molar-refractivity contribution in [2.45, 2.75) is 6.04 Å². The number of nitrogens with one attached hydrogen (secondary N) is 2. The average Bonchev–Trinajstić information content (AvgIpc) is 3.38. The van der Waals surface area contributed by atoms with Gasteiger partial charge in [0.2, 0.25) is 5.95 Å². The first kappa shape index (κ1) is 14.7. The van der Waals surface area contributed by atoms with Gasteiger partial charge in [-0.05, 0) is 24.3 Å². The minimum absolute atomic E-state index is 0.193. The zero-order valence-electron chi connectivity index (χ0n) is 14.5. The van der Waals surface area contributed by atoms with E-state index in [1.807, 2.05) is 65.2 Å². The molecule has 27 heavy (non-hydrogen) atoms. The molecule has 1 fully saturated rings. The van der Waals surface area contributed by atoms with Crippen molar-refractivity contribution in [1.82, 2.24) is 9.55 Å². The van der Waals surface area contributed by atoms with Crippen LogP contribution in [0.15, 0.2) is 83.9 Å². The number of fused-ring (bicyclic) bond motifs is 4. The first-order valence-electron chi connectivity index (χ1n) is 9.12. The molecule has 1 aromatic heterocycles. The summed E-state index contributed by atoms with van der Waals surface area (Å²) in [6.45, 7) is 0. The van der Waals surface area contributed by atoms with Gasteiger partial charge in [0.25, 0.3) is 0 Å². The summed E-state index contributed by atoms with van der Waals surface area (Å²) in [7, 11) is 0. The summed E-state index contributed by atoms with van der Waals surface area (Å²) in [6, 6.07) is 18.1. The molecule has 1 spiro atoms. The molecule has 2 heterocycles. The van der Waals surface area contributed by atoms with E-state index in [0.717, 1.165) is 16.6 Å². The molecule has 130 valence electrons. The van der Waals surface area contributed by atoms with Crippen molar-refractivity contribution in [3.05, 3.63) is 84.4 Å². The van der Waals surface area contributed by atoms with Crippen LogP contribution in [0.25, 0.3) is 10.9 Å². The fourth-order valence-electron chi connectivity index (χ4n) is 4.46. The van der Waals surface area contributed by atoms with E-state index in [1.54, 1.807) is 0 Å². The second-order valence-electron chi connectivity index (χ2n) is 7.23. The standard InChI is InChI=1S/C22H17N5/c23-20-22-13-7-6-11-16(22)18(22)25-21-26-19(24-14-8-2-1-3-9-14)15-10-4-5-12-17(15)27(20)21/h1-13,16,18,23H,(H,24,25,26). The van der Waals surface area contributed by atoms with Crippen molar-refractivity contribution in [1.29, 1.82) is 5.41 Å². The van der Waals surface area contributed by atoms with Gasteiger partial charge in [-0.2, -0.15) is 4.98 Å². The number of para-hydroxylation sites is 2. The molecule has 5 nitrogen and oxygen atoms in total. The molecule has 6 rings (SSSR count). The topological polar surface area (TPSA) is 66.1 Å². The summed E-state index contributed by atoms with van der Waals surface area (Å²) in [5.41, 5.74) is 2.24. The highest BCUT2D eigenvalue weighted by atomic mass is 15.3. The molecule has 0 amide bonds. The molecular formula is C22H17N5. The fraction of sp³-hybridized carbons (Fsp3) is 0.136. The zero-order chi connectivity index (χ0) is 18.0. The van der Waals surface area contributed by atoms with Gasteiger partial charge in [0.15, 0.2) is 5.49 Å². The highest BCUT2D eigenvalue weighted by molar-refractivity contribution is 6.04. The Balaban J connectivity index is 1.63. The highest BCUT2D eigenvalue weighted by Gasteiger charge is 2.68. The summed E-state index contributed by atoms with van der Waals surface area (Å²) in [5.74, 6) is 1.59. The number of hydrogen-bond donors (Lipinski definition) is 2. The van der Waals surface area contributed by atoms with Crippen LogP contribution in [0.4, 0.5) is 11.6 Å². The summed E-state index contributed by atoms with van der Waals surface area (Å²) >= 11 is 0. The Hall–Kier alpha value is -3.47. The van der Waals surface area contributed by atoms with Gasteiger partial charge in [0, 0.05) is 11.3 Å². The van der Waals surface area contributed by atoms with Crippen molar-refractivity contribution < 1.29 is 0 Å². The van der Waals surface area contributed by atoms with E-state index in [9.17, 15) is 0 Å². The van der Waals surface area contributed by atoms with Gasteiger partial charge in [0.1, 0.15) is 5.84 Å². The van der Waals surface area contributed by atoms with Gasteiger partial charge in [-0.3, -0.25) is 9.98 Å². The third kappa shape index (κ3) is 1.86. The van der Waals surface area contributed by atoms with Crippen molar-refractivity contribution in [2.75, 3.05) is 5.32 Å². The highest BCUT2D eigenvalue weighted by Crippen LogP contribution is 2.60. The van der Waals surface area contributed by atoms with E-state index in [2.05, 4.69) is 23.5 Å². The number of rotatable bonds is 1. The number of hydrogen-bond acceptors (Lipinski definition) is 4. The first-order chi connectivity index (χ1) is 13.3. The molecule has 2 aliphatic carbocycles. The normalized spacial score (nSPS) is 27.7. The Morgan fingerprint density at radius 3 is 2.74 bits per heavy atom.